The quantitative estimate of drug-likeness (QED) is 0.715. The largest absolute Gasteiger partial charge is 0.393 e. The van der Waals surface area contributed by atoms with Crippen LogP contribution in [0.25, 0.3) is 0 Å². The Bertz CT molecular complexity index is 863. The van der Waals surface area contributed by atoms with Crippen molar-refractivity contribution in [3.05, 3.63) is 29.1 Å². The molecule has 1 aromatic rings. The van der Waals surface area contributed by atoms with Gasteiger partial charge in [0.05, 0.1) is 22.9 Å². The number of aliphatic hydroxyl groups excluding tert-OH is 1. The van der Waals surface area contributed by atoms with Crippen LogP contribution in [0.2, 0.25) is 0 Å². The Labute approximate surface area is 153 Å². The zero-order valence-electron chi connectivity index (χ0n) is 14.4. The van der Waals surface area contributed by atoms with Crippen molar-refractivity contribution < 1.29 is 28.7 Å². The van der Waals surface area contributed by atoms with Gasteiger partial charge in [0.15, 0.2) is 0 Å². The molecule has 0 bridgehead atoms. The predicted octanol–water partition coefficient (Wildman–Crippen LogP) is 0.188. The first kappa shape index (κ1) is 17.6. The molecule has 1 aromatic carbocycles. The van der Waals surface area contributed by atoms with Crippen LogP contribution in [0.4, 0.5) is 10.1 Å². The zero-order valence-corrected chi connectivity index (χ0v) is 14.4. The third kappa shape index (κ3) is 2.87. The van der Waals surface area contributed by atoms with Gasteiger partial charge in [0.2, 0.25) is 11.8 Å². The van der Waals surface area contributed by atoms with Crippen LogP contribution >= 0.6 is 0 Å². The average molecular weight is 375 g/mol. The van der Waals surface area contributed by atoms with Crippen LogP contribution in [-0.2, 0) is 9.59 Å². The molecule has 4 amide bonds. The van der Waals surface area contributed by atoms with Gasteiger partial charge in [-0.3, -0.25) is 29.4 Å². The molecule has 142 valence electrons. The number of carbonyl (C=O) groups excluding carboxylic acids is 4. The Morgan fingerprint density at radius 1 is 1.00 bits per heavy atom. The second-order valence-corrected chi connectivity index (χ2v) is 7.01. The first-order valence-electron chi connectivity index (χ1n) is 8.85. The number of rotatable bonds is 2. The van der Waals surface area contributed by atoms with Gasteiger partial charge in [0.1, 0.15) is 11.9 Å². The van der Waals surface area contributed by atoms with E-state index in [-0.39, 0.29) is 29.7 Å². The van der Waals surface area contributed by atoms with E-state index in [1.807, 2.05) is 0 Å². The maximum absolute atomic E-state index is 14.6. The number of hydrogen-bond donors (Lipinski definition) is 2. The van der Waals surface area contributed by atoms with Crippen LogP contribution < -0.4 is 10.2 Å². The van der Waals surface area contributed by atoms with Gasteiger partial charge in [-0.25, -0.2) is 4.39 Å². The van der Waals surface area contributed by atoms with Crippen LogP contribution in [0.3, 0.4) is 0 Å². The van der Waals surface area contributed by atoms with E-state index in [2.05, 4.69) is 5.32 Å². The number of nitrogens with zero attached hydrogens (tertiary/aromatic N) is 2. The molecular formula is C18H18FN3O5. The van der Waals surface area contributed by atoms with Crippen molar-refractivity contribution in [1.82, 2.24) is 10.2 Å². The number of aliphatic hydroxyl groups is 1. The SMILES string of the molecule is O=C1CCC(N2C(=O)c3cc(F)c(N4CCC(O)CC4)cc3C2=O)C(=O)N1. The number of carbonyl (C=O) groups is 4. The lowest BCUT2D eigenvalue weighted by atomic mass is 10.0. The van der Waals surface area contributed by atoms with E-state index in [1.165, 1.54) is 6.07 Å². The molecule has 2 fully saturated rings. The van der Waals surface area contributed by atoms with Gasteiger partial charge in [-0.2, -0.15) is 0 Å². The minimum atomic E-state index is -1.08. The zero-order chi connectivity index (χ0) is 19.3. The summed E-state index contributed by atoms with van der Waals surface area (Å²) in [4.78, 5) is 51.4. The summed E-state index contributed by atoms with van der Waals surface area (Å²) in [6, 6.07) is 1.29. The van der Waals surface area contributed by atoms with Gasteiger partial charge in [-0.15, -0.1) is 0 Å². The maximum atomic E-state index is 14.6. The van der Waals surface area contributed by atoms with Crippen LogP contribution in [0.15, 0.2) is 12.1 Å². The summed E-state index contributed by atoms with van der Waals surface area (Å²) in [5.41, 5.74) is 0.169. The number of amides is 4. The Morgan fingerprint density at radius 2 is 1.63 bits per heavy atom. The molecule has 9 heteroatoms. The highest BCUT2D eigenvalue weighted by molar-refractivity contribution is 6.23. The van der Waals surface area contributed by atoms with Crippen LogP contribution in [0, 0.1) is 5.82 Å². The number of hydrogen-bond acceptors (Lipinski definition) is 6. The Hall–Kier alpha value is -2.81. The molecule has 0 aromatic heterocycles. The highest BCUT2D eigenvalue weighted by Crippen LogP contribution is 2.33. The second kappa shape index (κ2) is 6.41. The monoisotopic (exact) mass is 375 g/mol. The molecule has 0 radical (unpaired) electrons. The highest BCUT2D eigenvalue weighted by Gasteiger charge is 2.45. The van der Waals surface area contributed by atoms with Gasteiger partial charge in [-0.1, -0.05) is 0 Å². The van der Waals surface area contributed by atoms with E-state index in [0.29, 0.717) is 25.9 Å². The summed E-state index contributed by atoms with van der Waals surface area (Å²) in [5.74, 6) is -3.18. The number of halogens is 1. The van der Waals surface area contributed by atoms with Gasteiger partial charge < -0.3 is 10.0 Å². The molecule has 2 N–H and O–H groups in total. The molecule has 3 aliphatic heterocycles. The molecule has 4 rings (SSSR count). The number of fused-ring (bicyclic) bond motifs is 1. The fourth-order valence-corrected chi connectivity index (χ4v) is 3.83. The summed E-state index contributed by atoms with van der Waals surface area (Å²) < 4.78 is 14.6. The Kier molecular flexibility index (Phi) is 4.18. The van der Waals surface area contributed by atoms with E-state index in [9.17, 15) is 28.7 Å². The summed E-state index contributed by atoms with van der Waals surface area (Å²) in [6.07, 6.45) is 0.636. The van der Waals surface area contributed by atoms with Gasteiger partial charge in [0.25, 0.3) is 11.8 Å². The van der Waals surface area contributed by atoms with Gasteiger partial charge >= 0.3 is 0 Å². The normalized spacial score (nSPS) is 23.7. The van der Waals surface area contributed by atoms with Crippen molar-refractivity contribution >= 4 is 29.3 Å². The predicted molar refractivity (Wildman–Crippen MR) is 90.5 cm³/mol. The van der Waals surface area contributed by atoms with E-state index >= 15 is 0 Å². The first-order valence-corrected chi connectivity index (χ1v) is 8.85. The molecular weight excluding hydrogens is 357 g/mol. The fourth-order valence-electron chi connectivity index (χ4n) is 3.83. The number of imide groups is 2. The summed E-state index contributed by atoms with van der Waals surface area (Å²) >= 11 is 0. The van der Waals surface area contributed by atoms with Crippen molar-refractivity contribution in [2.24, 2.45) is 0 Å². The van der Waals surface area contributed by atoms with E-state index in [1.54, 1.807) is 4.90 Å². The van der Waals surface area contributed by atoms with Crippen molar-refractivity contribution in [1.29, 1.82) is 0 Å². The molecule has 8 nitrogen and oxygen atoms in total. The van der Waals surface area contributed by atoms with Crippen LogP contribution in [0.5, 0.6) is 0 Å². The summed E-state index contributed by atoms with van der Waals surface area (Å²) in [5, 5.41) is 11.7. The third-order valence-electron chi connectivity index (χ3n) is 5.31. The number of piperidine rings is 2. The molecule has 2 saturated heterocycles. The van der Waals surface area contributed by atoms with Crippen molar-refractivity contribution in [2.75, 3.05) is 18.0 Å². The second-order valence-electron chi connectivity index (χ2n) is 7.01. The Morgan fingerprint density at radius 3 is 2.26 bits per heavy atom. The molecule has 0 saturated carbocycles. The molecule has 1 unspecified atom stereocenters. The molecule has 1 atom stereocenters. The van der Waals surface area contributed by atoms with Gasteiger partial charge in [0, 0.05) is 19.5 Å². The fraction of sp³-hybridized carbons (Fsp3) is 0.444. The number of benzene rings is 1. The molecule has 0 aliphatic carbocycles. The topological polar surface area (TPSA) is 107 Å². The van der Waals surface area contributed by atoms with Gasteiger partial charge in [-0.05, 0) is 31.4 Å². The summed E-state index contributed by atoms with van der Waals surface area (Å²) in [6.45, 7) is 0.881. The maximum Gasteiger partial charge on any atom is 0.262 e. The smallest absolute Gasteiger partial charge is 0.262 e. The lowest BCUT2D eigenvalue weighted by Gasteiger charge is -2.31. The van der Waals surface area contributed by atoms with Crippen molar-refractivity contribution in [3.8, 4) is 0 Å². The van der Waals surface area contributed by atoms with Crippen molar-refractivity contribution in [2.45, 2.75) is 37.8 Å². The van der Waals surface area contributed by atoms with E-state index in [0.717, 1.165) is 11.0 Å². The minimum Gasteiger partial charge on any atom is -0.393 e. The van der Waals surface area contributed by atoms with E-state index < -0.39 is 41.6 Å². The molecule has 3 aliphatic rings. The standard InChI is InChI=1S/C18H18FN3O5/c19-12-7-10-11(8-14(12)21-5-3-9(23)4-6-21)18(27)22(17(10)26)13-1-2-15(24)20-16(13)25/h7-9,13,23H,1-6H2,(H,20,24,25). The lowest BCUT2D eigenvalue weighted by Crippen LogP contribution is -2.54. The lowest BCUT2D eigenvalue weighted by molar-refractivity contribution is -0.136. The first-order chi connectivity index (χ1) is 12.9. The van der Waals surface area contributed by atoms with Crippen LogP contribution in [-0.4, -0.2) is 58.9 Å². The minimum absolute atomic E-state index is 0.0273. The van der Waals surface area contributed by atoms with Crippen LogP contribution in [0.1, 0.15) is 46.4 Å². The van der Waals surface area contributed by atoms with E-state index in [4.69, 9.17) is 0 Å². The number of anilines is 1. The molecule has 0 spiro atoms. The summed E-state index contributed by atoms with van der Waals surface area (Å²) in [7, 11) is 0. The molecule has 27 heavy (non-hydrogen) atoms. The highest BCUT2D eigenvalue weighted by atomic mass is 19.1. The third-order valence-corrected chi connectivity index (χ3v) is 5.31. The average Bonchev–Trinajstić information content (AvgIpc) is 2.86. The number of nitrogens with one attached hydrogen (secondary N) is 1. The Balaban J connectivity index is 1.65. The molecule has 3 heterocycles. The van der Waals surface area contributed by atoms with Crippen molar-refractivity contribution in [3.63, 3.8) is 0 Å².